The van der Waals surface area contributed by atoms with Gasteiger partial charge in [-0.1, -0.05) is 23.7 Å². The van der Waals surface area contributed by atoms with Crippen LogP contribution in [0.5, 0.6) is 11.5 Å². The number of aromatic nitrogens is 1. The second-order valence-electron chi connectivity index (χ2n) is 4.00. The normalized spacial score (nSPS) is 10.4. The third-order valence-corrected chi connectivity index (χ3v) is 2.82. The van der Waals surface area contributed by atoms with Gasteiger partial charge in [0.15, 0.2) is 5.75 Å². The van der Waals surface area contributed by atoms with Crippen LogP contribution in [0, 0.1) is 6.92 Å². The molecule has 0 amide bonds. The zero-order chi connectivity index (χ0) is 13.0. The van der Waals surface area contributed by atoms with Crippen LogP contribution >= 0.6 is 11.6 Å². The second kappa shape index (κ2) is 5.85. The van der Waals surface area contributed by atoms with Gasteiger partial charge in [0.2, 0.25) is 0 Å². The number of nitrogens with zero attached hydrogens (tertiary/aromatic N) is 1. The number of aryl methyl sites for hydroxylation is 1. The van der Waals surface area contributed by atoms with Crippen LogP contribution in [-0.4, -0.2) is 12.0 Å². The van der Waals surface area contributed by atoms with Crippen LogP contribution in [0.1, 0.15) is 11.3 Å². The van der Waals surface area contributed by atoms with Crippen molar-refractivity contribution < 1.29 is 4.74 Å². The number of hydrogen-bond donors (Lipinski definition) is 1. The van der Waals surface area contributed by atoms with Gasteiger partial charge >= 0.3 is 0 Å². The minimum Gasteiger partial charge on any atom is -0.454 e. The lowest BCUT2D eigenvalue weighted by molar-refractivity contribution is 0.472. The van der Waals surface area contributed by atoms with Gasteiger partial charge in [0.05, 0.1) is 11.2 Å². The van der Waals surface area contributed by atoms with Crippen LogP contribution in [0.15, 0.2) is 36.5 Å². The molecule has 0 saturated carbocycles. The predicted molar refractivity (Wildman–Crippen MR) is 73.3 cm³/mol. The molecule has 2 rings (SSSR count). The maximum Gasteiger partial charge on any atom is 0.150 e. The maximum atomic E-state index is 6.17. The summed E-state index contributed by atoms with van der Waals surface area (Å²) in [6, 6.07) is 9.50. The molecule has 2 aromatic rings. The van der Waals surface area contributed by atoms with Crippen molar-refractivity contribution in [3.05, 3.63) is 52.8 Å². The number of halogens is 1. The molecule has 4 heteroatoms. The van der Waals surface area contributed by atoms with E-state index in [9.17, 15) is 0 Å². The number of nitrogens with one attached hydrogen (secondary N) is 1. The molecule has 18 heavy (non-hydrogen) atoms. The van der Waals surface area contributed by atoms with Gasteiger partial charge < -0.3 is 10.1 Å². The third-order valence-electron chi connectivity index (χ3n) is 2.52. The molecular weight excluding hydrogens is 248 g/mol. The Balaban J connectivity index is 2.30. The molecule has 0 unspecified atom stereocenters. The van der Waals surface area contributed by atoms with E-state index in [-0.39, 0.29) is 0 Å². The molecule has 0 aliphatic rings. The molecule has 1 aromatic heterocycles. The monoisotopic (exact) mass is 262 g/mol. The minimum absolute atomic E-state index is 0.600. The summed E-state index contributed by atoms with van der Waals surface area (Å²) in [4.78, 5) is 4.20. The minimum atomic E-state index is 0.600. The van der Waals surface area contributed by atoms with Crippen molar-refractivity contribution in [2.45, 2.75) is 13.5 Å². The van der Waals surface area contributed by atoms with Gasteiger partial charge in [-0.05, 0) is 32.2 Å². The van der Waals surface area contributed by atoms with E-state index in [2.05, 4.69) is 10.3 Å². The average Bonchev–Trinajstić information content (AvgIpc) is 2.36. The van der Waals surface area contributed by atoms with Crippen LogP contribution in [0.4, 0.5) is 0 Å². The molecule has 3 nitrogen and oxygen atoms in total. The Morgan fingerprint density at radius 2 is 2.11 bits per heavy atom. The molecule has 1 heterocycles. The van der Waals surface area contributed by atoms with Gasteiger partial charge in [-0.25, -0.2) is 0 Å². The summed E-state index contributed by atoms with van der Waals surface area (Å²) in [6.45, 7) is 2.64. The van der Waals surface area contributed by atoms with Crippen LogP contribution in [0.25, 0.3) is 0 Å². The topological polar surface area (TPSA) is 34.1 Å². The van der Waals surface area contributed by atoms with E-state index in [0.717, 1.165) is 11.3 Å². The molecule has 0 bridgehead atoms. The Bertz CT molecular complexity index is 526. The van der Waals surface area contributed by atoms with Crippen LogP contribution < -0.4 is 10.1 Å². The van der Waals surface area contributed by atoms with E-state index in [1.54, 1.807) is 6.20 Å². The zero-order valence-electron chi connectivity index (χ0n) is 10.4. The molecule has 0 atom stereocenters. The summed E-state index contributed by atoms with van der Waals surface area (Å²) in [5, 5.41) is 3.69. The van der Waals surface area contributed by atoms with Crippen LogP contribution in [-0.2, 0) is 6.54 Å². The number of ether oxygens (including phenoxy) is 1. The Labute approximate surface area is 112 Å². The van der Waals surface area contributed by atoms with Crippen molar-refractivity contribution in [1.82, 2.24) is 10.3 Å². The quantitative estimate of drug-likeness (QED) is 0.915. The summed E-state index contributed by atoms with van der Waals surface area (Å²) in [6.07, 6.45) is 1.70. The highest BCUT2D eigenvalue weighted by atomic mass is 35.5. The van der Waals surface area contributed by atoms with Crippen molar-refractivity contribution in [3.63, 3.8) is 0 Å². The molecule has 1 aromatic carbocycles. The van der Waals surface area contributed by atoms with Crippen molar-refractivity contribution in [2.75, 3.05) is 7.05 Å². The lowest BCUT2D eigenvalue weighted by atomic mass is 10.2. The summed E-state index contributed by atoms with van der Waals surface area (Å²) in [5.41, 5.74) is 1.97. The predicted octanol–water partition coefficient (Wildman–Crippen LogP) is 3.56. The Morgan fingerprint density at radius 3 is 2.78 bits per heavy atom. The molecule has 0 aliphatic heterocycles. The molecular formula is C14H15ClN2O. The first-order chi connectivity index (χ1) is 8.70. The first-order valence-corrected chi connectivity index (χ1v) is 6.11. The van der Waals surface area contributed by atoms with Crippen molar-refractivity contribution in [1.29, 1.82) is 0 Å². The highest BCUT2D eigenvalue weighted by Crippen LogP contribution is 2.32. The summed E-state index contributed by atoms with van der Waals surface area (Å²) < 4.78 is 5.81. The first-order valence-electron chi connectivity index (χ1n) is 5.73. The van der Waals surface area contributed by atoms with Gasteiger partial charge in [0.25, 0.3) is 0 Å². The lowest BCUT2D eigenvalue weighted by Crippen LogP contribution is -2.06. The number of rotatable bonds is 4. The average molecular weight is 263 g/mol. The largest absolute Gasteiger partial charge is 0.454 e. The molecule has 0 fully saturated rings. The van der Waals surface area contributed by atoms with Gasteiger partial charge in [-0.3, -0.25) is 4.98 Å². The highest BCUT2D eigenvalue weighted by molar-refractivity contribution is 6.32. The first kappa shape index (κ1) is 12.9. The van der Waals surface area contributed by atoms with E-state index < -0.39 is 0 Å². The van der Waals surface area contributed by atoms with Gasteiger partial charge in [-0.15, -0.1) is 0 Å². The van der Waals surface area contributed by atoms with E-state index in [1.807, 2.05) is 44.3 Å². The smallest absolute Gasteiger partial charge is 0.150 e. The summed E-state index contributed by atoms with van der Waals surface area (Å²) in [5.74, 6) is 1.37. The van der Waals surface area contributed by atoms with Crippen molar-refractivity contribution >= 4 is 11.6 Å². The maximum absolute atomic E-state index is 6.17. The van der Waals surface area contributed by atoms with E-state index in [0.29, 0.717) is 23.1 Å². The van der Waals surface area contributed by atoms with Gasteiger partial charge in [0.1, 0.15) is 5.75 Å². The van der Waals surface area contributed by atoms with E-state index >= 15 is 0 Å². The van der Waals surface area contributed by atoms with Crippen LogP contribution in [0.2, 0.25) is 5.02 Å². The standard InChI is InChI=1S/C14H15ClN2O/c1-10-6-7-12(9-17-10)18-14-11(8-16-2)4-3-5-13(14)15/h3-7,9,16H,8H2,1-2H3. The van der Waals surface area contributed by atoms with Crippen molar-refractivity contribution in [2.24, 2.45) is 0 Å². The Hall–Kier alpha value is -1.58. The highest BCUT2D eigenvalue weighted by Gasteiger charge is 2.09. The van der Waals surface area contributed by atoms with E-state index in [4.69, 9.17) is 16.3 Å². The SMILES string of the molecule is CNCc1cccc(Cl)c1Oc1ccc(C)nc1. The second-order valence-corrected chi connectivity index (χ2v) is 4.40. The fraction of sp³-hybridized carbons (Fsp3) is 0.214. The number of pyridine rings is 1. The fourth-order valence-electron chi connectivity index (χ4n) is 1.63. The van der Waals surface area contributed by atoms with Crippen molar-refractivity contribution in [3.8, 4) is 11.5 Å². The van der Waals surface area contributed by atoms with E-state index in [1.165, 1.54) is 0 Å². The fourth-order valence-corrected chi connectivity index (χ4v) is 1.86. The van der Waals surface area contributed by atoms with Gasteiger partial charge in [0, 0.05) is 17.8 Å². The molecule has 0 spiro atoms. The molecule has 1 N–H and O–H groups in total. The third kappa shape index (κ3) is 3.00. The number of hydrogen-bond acceptors (Lipinski definition) is 3. The van der Waals surface area contributed by atoms with Gasteiger partial charge in [-0.2, -0.15) is 0 Å². The molecule has 94 valence electrons. The Morgan fingerprint density at radius 1 is 1.28 bits per heavy atom. The molecule has 0 radical (unpaired) electrons. The number of para-hydroxylation sites is 1. The summed E-state index contributed by atoms with van der Waals surface area (Å²) in [7, 11) is 1.89. The zero-order valence-corrected chi connectivity index (χ0v) is 11.2. The molecule has 0 aliphatic carbocycles. The number of benzene rings is 1. The van der Waals surface area contributed by atoms with Crippen LogP contribution in [0.3, 0.4) is 0 Å². The molecule has 0 saturated heterocycles. The Kier molecular flexibility index (Phi) is 4.18. The lowest BCUT2D eigenvalue weighted by Gasteiger charge is -2.12. The summed E-state index contributed by atoms with van der Waals surface area (Å²) >= 11 is 6.17.